The van der Waals surface area contributed by atoms with Crippen molar-refractivity contribution in [1.29, 1.82) is 0 Å². The van der Waals surface area contributed by atoms with Gasteiger partial charge in [0, 0.05) is 28.0 Å². The highest BCUT2D eigenvalue weighted by atomic mass is 35.5. The molecule has 0 radical (unpaired) electrons. The molecule has 3 nitrogen and oxygen atoms in total. The van der Waals surface area contributed by atoms with E-state index in [2.05, 4.69) is 4.98 Å². The lowest BCUT2D eigenvalue weighted by Crippen LogP contribution is -2.18. The zero-order chi connectivity index (χ0) is 18.4. The maximum absolute atomic E-state index is 10.1. The van der Waals surface area contributed by atoms with Crippen molar-refractivity contribution in [1.82, 2.24) is 4.98 Å². The van der Waals surface area contributed by atoms with Gasteiger partial charge in [-0.2, -0.15) is 0 Å². The molecule has 0 saturated carbocycles. The molecule has 1 atom stereocenters. The summed E-state index contributed by atoms with van der Waals surface area (Å²) in [4.78, 5) is 4.07. The largest absolute Gasteiger partial charge is 0.491 e. The van der Waals surface area contributed by atoms with Gasteiger partial charge in [-0.1, -0.05) is 47.5 Å². The predicted octanol–water partition coefficient (Wildman–Crippen LogP) is 5.43. The van der Waals surface area contributed by atoms with E-state index in [-0.39, 0.29) is 6.61 Å². The topological polar surface area (TPSA) is 42.4 Å². The predicted molar refractivity (Wildman–Crippen MR) is 106 cm³/mol. The van der Waals surface area contributed by atoms with Crippen molar-refractivity contribution in [2.45, 2.75) is 18.9 Å². The number of aliphatic hydroxyl groups is 1. The quantitative estimate of drug-likeness (QED) is 0.587. The fourth-order valence-electron chi connectivity index (χ4n) is 2.61. The first-order valence-corrected chi connectivity index (χ1v) is 9.12. The van der Waals surface area contributed by atoms with Gasteiger partial charge in [0.1, 0.15) is 12.4 Å². The average molecular weight is 388 g/mol. The number of benzene rings is 2. The van der Waals surface area contributed by atoms with Crippen molar-refractivity contribution < 1.29 is 9.84 Å². The molecule has 1 aromatic heterocycles. The van der Waals surface area contributed by atoms with Crippen molar-refractivity contribution in [2.75, 3.05) is 6.61 Å². The van der Waals surface area contributed by atoms with Crippen molar-refractivity contribution in [3.8, 4) is 16.9 Å². The highest BCUT2D eigenvalue weighted by Gasteiger charge is 2.08. The summed E-state index contributed by atoms with van der Waals surface area (Å²) in [6.07, 6.45) is 4.43. The number of aliphatic hydroxyl groups excluding tert-OH is 1. The number of aryl methyl sites for hydroxylation is 1. The lowest BCUT2D eigenvalue weighted by atomic mass is 10.1. The summed E-state index contributed by atoms with van der Waals surface area (Å²) in [5.41, 5.74) is 3.01. The molecule has 3 rings (SSSR count). The van der Waals surface area contributed by atoms with E-state index in [4.69, 9.17) is 27.9 Å². The highest BCUT2D eigenvalue weighted by Crippen LogP contribution is 2.31. The molecule has 0 aliphatic heterocycles. The summed E-state index contributed by atoms with van der Waals surface area (Å²) in [5.74, 6) is 0.708. The van der Waals surface area contributed by atoms with Crippen molar-refractivity contribution >= 4 is 23.2 Å². The van der Waals surface area contributed by atoms with E-state index in [9.17, 15) is 5.11 Å². The van der Waals surface area contributed by atoms with Crippen LogP contribution in [0.15, 0.2) is 67.0 Å². The first-order valence-electron chi connectivity index (χ1n) is 8.37. The third-order valence-corrected chi connectivity index (χ3v) is 4.58. The smallest absolute Gasteiger partial charge is 0.119 e. The van der Waals surface area contributed by atoms with Gasteiger partial charge in [0.2, 0.25) is 0 Å². The minimum absolute atomic E-state index is 0.251. The Kier molecular flexibility index (Phi) is 6.51. The minimum atomic E-state index is -0.527. The zero-order valence-corrected chi connectivity index (χ0v) is 15.6. The molecule has 3 aromatic rings. The van der Waals surface area contributed by atoms with Crippen LogP contribution in [0.1, 0.15) is 12.0 Å². The van der Waals surface area contributed by atoms with Crippen LogP contribution >= 0.6 is 23.2 Å². The number of aromatic nitrogens is 1. The number of pyridine rings is 1. The van der Waals surface area contributed by atoms with E-state index in [1.165, 1.54) is 0 Å². The summed E-state index contributed by atoms with van der Waals surface area (Å²) in [6.45, 7) is 0.251. The normalized spacial score (nSPS) is 12.0. The van der Waals surface area contributed by atoms with Gasteiger partial charge in [0.25, 0.3) is 0 Å². The number of hydrogen-bond acceptors (Lipinski definition) is 3. The molecule has 5 heteroatoms. The fraction of sp³-hybridized carbons (Fsp3) is 0.190. The molecule has 0 spiro atoms. The van der Waals surface area contributed by atoms with Crippen LogP contribution in [0.25, 0.3) is 11.1 Å². The Morgan fingerprint density at radius 2 is 1.85 bits per heavy atom. The van der Waals surface area contributed by atoms with Gasteiger partial charge >= 0.3 is 0 Å². The molecule has 0 aliphatic rings. The molecule has 0 bridgehead atoms. The second kappa shape index (κ2) is 9.04. The van der Waals surface area contributed by atoms with Gasteiger partial charge in [-0.05, 0) is 54.3 Å². The second-order valence-corrected chi connectivity index (χ2v) is 6.86. The van der Waals surface area contributed by atoms with E-state index in [0.29, 0.717) is 22.2 Å². The minimum Gasteiger partial charge on any atom is -0.491 e. The van der Waals surface area contributed by atoms with Crippen LogP contribution in [-0.2, 0) is 6.42 Å². The Labute approximate surface area is 163 Å². The van der Waals surface area contributed by atoms with Gasteiger partial charge in [0.15, 0.2) is 0 Å². The summed E-state index contributed by atoms with van der Waals surface area (Å²) < 4.78 is 5.68. The van der Waals surface area contributed by atoms with E-state index < -0.39 is 6.10 Å². The summed E-state index contributed by atoms with van der Waals surface area (Å²) >= 11 is 12.2. The first-order chi connectivity index (χ1) is 12.6. The van der Waals surface area contributed by atoms with Gasteiger partial charge in [0.05, 0.1) is 6.10 Å². The molecular weight excluding hydrogens is 369 g/mol. The summed E-state index contributed by atoms with van der Waals surface area (Å²) in [7, 11) is 0. The van der Waals surface area contributed by atoms with Crippen molar-refractivity contribution in [2.24, 2.45) is 0 Å². The molecule has 1 N–H and O–H groups in total. The van der Waals surface area contributed by atoms with Gasteiger partial charge in [-0.25, -0.2) is 0 Å². The highest BCUT2D eigenvalue weighted by molar-refractivity contribution is 6.36. The molecule has 0 amide bonds. The molecule has 0 saturated heterocycles. The van der Waals surface area contributed by atoms with E-state index >= 15 is 0 Å². The fourth-order valence-corrected chi connectivity index (χ4v) is 3.13. The molecule has 0 fully saturated rings. The summed E-state index contributed by atoms with van der Waals surface area (Å²) in [5, 5.41) is 11.3. The lowest BCUT2D eigenvalue weighted by Gasteiger charge is -2.13. The van der Waals surface area contributed by atoms with Gasteiger partial charge < -0.3 is 9.84 Å². The van der Waals surface area contributed by atoms with Crippen LogP contribution < -0.4 is 4.74 Å². The Hall–Kier alpha value is -2.07. The molecule has 1 heterocycles. The molecule has 2 aromatic carbocycles. The van der Waals surface area contributed by atoms with Gasteiger partial charge in [-0.3, -0.25) is 4.98 Å². The van der Waals surface area contributed by atoms with Crippen LogP contribution in [0, 0.1) is 0 Å². The Morgan fingerprint density at radius 3 is 2.54 bits per heavy atom. The first kappa shape index (κ1) is 18.7. The van der Waals surface area contributed by atoms with E-state index in [0.717, 1.165) is 23.1 Å². The third kappa shape index (κ3) is 5.21. The Bertz CT molecular complexity index is 838. The van der Waals surface area contributed by atoms with Crippen LogP contribution in [0.5, 0.6) is 5.75 Å². The Morgan fingerprint density at radius 1 is 1.04 bits per heavy atom. The monoisotopic (exact) mass is 387 g/mol. The molecule has 26 heavy (non-hydrogen) atoms. The standard InChI is InChI=1S/C21H19Cl2NO2/c22-17-6-10-20(21(23)12-17)16-4-8-19(9-5-16)26-14-18(25)7-3-15-2-1-11-24-13-15/h1-2,4-6,8-13,18,25H,3,7,14H2. The van der Waals surface area contributed by atoms with E-state index in [1.807, 2.05) is 54.7 Å². The molecule has 1 unspecified atom stereocenters. The molecule has 134 valence electrons. The molecular formula is C21H19Cl2NO2. The van der Waals surface area contributed by atoms with Crippen LogP contribution in [0.2, 0.25) is 10.0 Å². The number of nitrogens with zero attached hydrogens (tertiary/aromatic N) is 1. The zero-order valence-electron chi connectivity index (χ0n) is 14.1. The lowest BCUT2D eigenvalue weighted by molar-refractivity contribution is 0.100. The second-order valence-electron chi connectivity index (χ2n) is 6.01. The number of hydrogen-bond donors (Lipinski definition) is 1. The average Bonchev–Trinajstić information content (AvgIpc) is 2.66. The van der Waals surface area contributed by atoms with Crippen molar-refractivity contribution in [3.63, 3.8) is 0 Å². The maximum Gasteiger partial charge on any atom is 0.119 e. The number of rotatable bonds is 7. The Balaban J connectivity index is 1.52. The number of halogens is 2. The van der Waals surface area contributed by atoms with Crippen LogP contribution in [0.4, 0.5) is 0 Å². The SMILES string of the molecule is OC(CCc1cccnc1)COc1ccc(-c2ccc(Cl)cc2Cl)cc1. The van der Waals surface area contributed by atoms with Crippen LogP contribution in [0.3, 0.4) is 0 Å². The summed E-state index contributed by atoms with van der Waals surface area (Å²) in [6, 6.07) is 16.9. The van der Waals surface area contributed by atoms with E-state index in [1.54, 1.807) is 12.3 Å². The third-order valence-electron chi connectivity index (χ3n) is 4.03. The van der Waals surface area contributed by atoms with Gasteiger partial charge in [-0.15, -0.1) is 0 Å². The van der Waals surface area contributed by atoms with Crippen molar-refractivity contribution in [3.05, 3.63) is 82.6 Å². The maximum atomic E-state index is 10.1. The van der Waals surface area contributed by atoms with Crippen LogP contribution in [-0.4, -0.2) is 22.8 Å². The number of ether oxygens (including phenoxy) is 1. The molecule has 0 aliphatic carbocycles.